The lowest BCUT2D eigenvalue weighted by Gasteiger charge is -2.23. The molecule has 1 aromatic rings. The van der Waals surface area contributed by atoms with Gasteiger partial charge >= 0.3 is 11.7 Å². The van der Waals surface area contributed by atoms with Gasteiger partial charge in [0.1, 0.15) is 24.5 Å². The fourth-order valence-electron chi connectivity index (χ4n) is 2.54. The van der Waals surface area contributed by atoms with Crippen molar-refractivity contribution < 1.29 is 14.3 Å². The van der Waals surface area contributed by atoms with Gasteiger partial charge in [0, 0.05) is 12.6 Å². The molecule has 10 heteroatoms. The van der Waals surface area contributed by atoms with Gasteiger partial charge in [-0.05, 0) is 21.8 Å². The minimum absolute atomic E-state index is 0.0944. The second kappa shape index (κ2) is 8.51. The van der Waals surface area contributed by atoms with Crippen molar-refractivity contribution in [3.05, 3.63) is 44.2 Å². The van der Waals surface area contributed by atoms with E-state index in [0.717, 1.165) is 0 Å². The molecule has 0 saturated carbocycles. The Labute approximate surface area is 163 Å². The van der Waals surface area contributed by atoms with Crippen molar-refractivity contribution in [3.8, 4) is 0 Å². The van der Waals surface area contributed by atoms with Crippen LogP contribution in [0.4, 0.5) is 0 Å². The summed E-state index contributed by atoms with van der Waals surface area (Å²) in [4.78, 5) is 38.0. The van der Waals surface area contributed by atoms with Crippen molar-refractivity contribution in [2.75, 3.05) is 0 Å². The number of esters is 1. The smallest absolute Gasteiger partial charge is 0.330 e. The van der Waals surface area contributed by atoms with E-state index in [9.17, 15) is 14.4 Å². The summed E-state index contributed by atoms with van der Waals surface area (Å²) in [5.41, 5.74) is 4.64. The number of hydrogen-bond donors (Lipinski definition) is 2. The third-order valence-electron chi connectivity index (χ3n) is 4.15. The fourth-order valence-corrected chi connectivity index (χ4v) is 3.08. The van der Waals surface area contributed by atoms with Crippen LogP contribution in [0, 0.1) is 5.92 Å². The molecule has 1 aliphatic rings. The molecule has 1 saturated heterocycles. The van der Waals surface area contributed by atoms with Crippen LogP contribution >= 0.6 is 27.5 Å². The number of rotatable bonds is 6. The van der Waals surface area contributed by atoms with Crippen molar-refractivity contribution in [1.82, 2.24) is 9.55 Å². The van der Waals surface area contributed by atoms with E-state index >= 15 is 0 Å². The molecule has 1 fully saturated rings. The summed E-state index contributed by atoms with van der Waals surface area (Å²) >= 11 is 9.29. The molecule has 0 amide bonds. The van der Waals surface area contributed by atoms with Crippen LogP contribution in [0.25, 0.3) is 0 Å². The highest BCUT2D eigenvalue weighted by Gasteiger charge is 2.43. The zero-order valence-corrected chi connectivity index (χ0v) is 16.7. The number of aromatic amines is 1. The van der Waals surface area contributed by atoms with Crippen LogP contribution in [0.5, 0.6) is 0 Å². The van der Waals surface area contributed by atoms with Crippen LogP contribution in [0.15, 0.2) is 32.9 Å². The van der Waals surface area contributed by atoms with Crippen LogP contribution in [0.2, 0.25) is 0 Å². The SMILES string of the molecule is C=CC(Cl)[C@H]1O[C@@H](n2cc(Br)c(=O)[nH]c2=O)C[C@@H]1OC(=O)[C@@H](N)C(C)C. The Balaban J connectivity index is 2.27. The number of nitrogens with one attached hydrogen (secondary N) is 1. The quantitative estimate of drug-likeness (QED) is 0.383. The van der Waals surface area contributed by atoms with Gasteiger partial charge in [-0.15, -0.1) is 18.2 Å². The number of carbonyl (C=O) groups excluding carboxylic acids is 1. The molecule has 1 unspecified atom stereocenters. The predicted octanol–water partition coefficient (Wildman–Crippen LogP) is 1.28. The van der Waals surface area contributed by atoms with Gasteiger partial charge in [0.15, 0.2) is 0 Å². The molecule has 26 heavy (non-hydrogen) atoms. The number of carbonyl (C=O) groups is 1. The summed E-state index contributed by atoms with van der Waals surface area (Å²) in [6.07, 6.45) is 0.773. The van der Waals surface area contributed by atoms with Crippen LogP contribution in [-0.4, -0.2) is 39.1 Å². The Kier molecular flexibility index (Phi) is 6.84. The number of hydrogen-bond acceptors (Lipinski definition) is 6. The molecule has 1 aliphatic heterocycles. The van der Waals surface area contributed by atoms with Crippen LogP contribution in [-0.2, 0) is 14.3 Å². The number of halogens is 2. The summed E-state index contributed by atoms with van der Waals surface area (Å²) in [7, 11) is 0. The standard InChI is InChI=1S/C16H21BrClN3O5/c1-4-9(18)13-10(25-15(23)12(19)7(2)3)5-11(26-13)21-6-8(17)14(22)20-16(21)24/h4,6-7,9-13H,1,5,19H2,2-3H3,(H,20,22,24)/t9?,10-,11+,12-,13+/m0/s1. The van der Waals surface area contributed by atoms with Crippen molar-refractivity contribution in [3.63, 3.8) is 0 Å². The van der Waals surface area contributed by atoms with E-state index in [0.29, 0.717) is 0 Å². The van der Waals surface area contributed by atoms with Crippen molar-refractivity contribution in [2.24, 2.45) is 11.7 Å². The maximum absolute atomic E-state index is 12.2. The average molecular weight is 451 g/mol. The summed E-state index contributed by atoms with van der Waals surface area (Å²) in [6, 6.07) is -0.780. The van der Waals surface area contributed by atoms with Crippen molar-refractivity contribution in [1.29, 1.82) is 0 Å². The maximum Gasteiger partial charge on any atom is 0.330 e. The Morgan fingerprint density at radius 2 is 2.23 bits per heavy atom. The molecule has 0 aromatic carbocycles. The van der Waals surface area contributed by atoms with Crippen LogP contribution < -0.4 is 17.0 Å². The lowest BCUT2D eigenvalue weighted by atomic mass is 10.1. The number of nitrogens with zero attached hydrogens (tertiary/aromatic N) is 1. The molecule has 5 atom stereocenters. The second-order valence-electron chi connectivity index (χ2n) is 6.36. The van der Waals surface area contributed by atoms with Gasteiger partial charge in [-0.1, -0.05) is 19.9 Å². The number of nitrogens with two attached hydrogens (primary N) is 1. The Morgan fingerprint density at radius 1 is 1.58 bits per heavy atom. The number of ether oxygens (including phenoxy) is 2. The molecular weight excluding hydrogens is 430 g/mol. The van der Waals surface area contributed by atoms with Gasteiger partial charge in [0.2, 0.25) is 0 Å². The molecule has 144 valence electrons. The van der Waals surface area contributed by atoms with Crippen LogP contribution in [0.3, 0.4) is 0 Å². The molecule has 3 N–H and O–H groups in total. The molecule has 2 rings (SSSR count). The van der Waals surface area contributed by atoms with Gasteiger partial charge in [0.05, 0.1) is 9.85 Å². The summed E-state index contributed by atoms with van der Waals surface area (Å²) < 4.78 is 12.7. The highest BCUT2D eigenvalue weighted by Crippen LogP contribution is 2.34. The highest BCUT2D eigenvalue weighted by molar-refractivity contribution is 9.10. The van der Waals surface area contributed by atoms with Crippen molar-refractivity contribution in [2.45, 2.75) is 50.1 Å². The van der Waals surface area contributed by atoms with Crippen LogP contribution in [0.1, 0.15) is 26.5 Å². The van der Waals surface area contributed by atoms with E-state index in [2.05, 4.69) is 27.5 Å². The number of H-pyrrole nitrogens is 1. The molecule has 0 aliphatic carbocycles. The first-order valence-corrected chi connectivity index (χ1v) is 9.27. The first-order chi connectivity index (χ1) is 12.1. The topological polar surface area (TPSA) is 116 Å². The molecule has 2 heterocycles. The van der Waals surface area contributed by atoms with E-state index < -0.39 is 47.1 Å². The van der Waals surface area contributed by atoms with E-state index in [1.54, 1.807) is 0 Å². The monoisotopic (exact) mass is 449 g/mol. The molecule has 0 radical (unpaired) electrons. The summed E-state index contributed by atoms with van der Waals surface area (Å²) in [5.74, 6) is -0.662. The first-order valence-electron chi connectivity index (χ1n) is 8.04. The molecule has 8 nitrogen and oxygen atoms in total. The number of alkyl halides is 1. The lowest BCUT2D eigenvalue weighted by molar-refractivity contribution is -0.154. The molecule has 1 aromatic heterocycles. The zero-order chi connectivity index (χ0) is 19.6. The predicted molar refractivity (Wildman–Crippen MR) is 100 cm³/mol. The van der Waals surface area contributed by atoms with Gasteiger partial charge in [-0.25, -0.2) is 4.79 Å². The average Bonchev–Trinajstić information content (AvgIpc) is 2.99. The molecular formula is C16H21BrClN3O5. The number of aromatic nitrogens is 2. The summed E-state index contributed by atoms with van der Waals surface area (Å²) in [5, 5.41) is -0.644. The Hall–Kier alpha value is -1.42. The fraction of sp³-hybridized carbons (Fsp3) is 0.562. The first kappa shape index (κ1) is 20.9. The van der Waals surface area contributed by atoms with E-state index in [-0.39, 0.29) is 16.8 Å². The second-order valence-corrected chi connectivity index (χ2v) is 7.72. The zero-order valence-electron chi connectivity index (χ0n) is 14.4. The van der Waals surface area contributed by atoms with E-state index in [4.69, 9.17) is 26.8 Å². The normalized spacial score (nSPS) is 25.1. The third-order valence-corrected chi connectivity index (χ3v) is 5.14. The maximum atomic E-state index is 12.2. The Morgan fingerprint density at radius 3 is 2.81 bits per heavy atom. The van der Waals surface area contributed by atoms with E-state index in [1.807, 2.05) is 13.8 Å². The largest absolute Gasteiger partial charge is 0.458 e. The molecule has 0 spiro atoms. The lowest BCUT2D eigenvalue weighted by Crippen LogP contribution is -2.42. The Bertz CT molecular complexity index is 793. The minimum atomic E-state index is -0.780. The van der Waals surface area contributed by atoms with Gasteiger partial charge in [0.25, 0.3) is 5.56 Å². The third kappa shape index (κ3) is 4.46. The summed E-state index contributed by atoms with van der Waals surface area (Å²) in [6.45, 7) is 7.24. The van der Waals surface area contributed by atoms with Gasteiger partial charge < -0.3 is 15.2 Å². The van der Waals surface area contributed by atoms with E-state index in [1.165, 1.54) is 16.8 Å². The van der Waals surface area contributed by atoms with Gasteiger partial charge in [-0.2, -0.15) is 0 Å². The minimum Gasteiger partial charge on any atom is -0.458 e. The molecule has 0 bridgehead atoms. The van der Waals surface area contributed by atoms with Gasteiger partial charge in [-0.3, -0.25) is 19.1 Å². The highest BCUT2D eigenvalue weighted by atomic mass is 79.9. The van der Waals surface area contributed by atoms with Crippen molar-refractivity contribution >= 4 is 33.5 Å².